The van der Waals surface area contributed by atoms with Gasteiger partial charge in [0, 0.05) is 12.1 Å². The van der Waals surface area contributed by atoms with E-state index in [0.717, 1.165) is 0 Å². The van der Waals surface area contributed by atoms with Gasteiger partial charge >= 0.3 is 0 Å². The molecule has 0 aliphatic carbocycles. The van der Waals surface area contributed by atoms with E-state index in [-0.39, 0.29) is 17.0 Å². The highest BCUT2D eigenvalue weighted by atomic mass is 19.1. The van der Waals surface area contributed by atoms with Gasteiger partial charge in [0.15, 0.2) is 0 Å². The van der Waals surface area contributed by atoms with Gasteiger partial charge in [-0.2, -0.15) is 5.26 Å². The lowest BCUT2D eigenvalue weighted by Gasteiger charge is -2.23. The molecule has 0 bridgehead atoms. The maximum atomic E-state index is 13.3. The van der Waals surface area contributed by atoms with E-state index in [0.29, 0.717) is 12.1 Å². The zero-order chi connectivity index (χ0) is 15.3. The molecule has 4 nitrogen and oxygen atoms in total. The SMILES string of the molecule is CC(NCc1cc(F)cc(C#N)c1)C(=O)NC(C)(C)C. The first kappa shape index (κ1) is 16.1. The third-order valence-electron chi connectivity index (χ3n) is 2.59. The second-order valence-corrected chi connectivity index (χ2v) is 5.80. The highest BCUT2D eigenvalue weighted by Gasteiger charge is 2.18. The molecular formula is C15H20FN3O. The van der Waals surface area contributed by atoms with Crippen LogP contribution in [0.1, 0.15) is 38.8 Å². The summed E-state index contributed by atoms with van der Waals surface area (Å²) in [5.74, 6) is -0.568. The molecule has 0 saturated carbocycles. The molecule has 1 aromatic carbocycles. The van der Waals surface area contributed by atoms with Gasteiger partial charge in [-0.25, -0.2) is 4.39 Å². The number of halogens is 1. The fourth-order valence-corrected chi connectivity index (χ4v) is 1.66. The Morgan fingerprint density at radius 3 is 2.60 bits per heavy atom. The first-order chi connectivity index (χ1) is 9.21. The highest BCUT2D eigenvalue weighted by Crippen LogP contribution is 2.08. The second kappa shape index (κ2) is 6.49. The van der Waals surface area contributed by atoms with Gasteiger partial charge in [-0.05, 0) is 51.5 Å². The van der Waals surface area contributed by atoms with Crippen molar-refractivity contribution < 1.29 is 9.18 Å². The zero-order valence-corrected chi connectivity index (χ0v) is 12.2. The van der Waals surface area contributed by atoms with Crippen LogP contribution in [0, 0.1) is 17.1 Å². The van der Waals surface area contributed by atoms with Crippen molar-refractivity contribution in [1.82, 2.24) is 10.6 Å². The van der Waals surface area contributed by atoms with E-state index in [9.17, 15) is 9.18 Å². The summed E-state index contributed by atoms with van der Waals surface area (Å²) in [5.41, 5.74) is 0.616. The van der Waals surface area contributed by atoms with Crippen LogP contribution in [0.15, 0.2) is 18.2 Å². The Labute approximate surface area is 119 Å². The summed E-state index contributed by atoms with van der Waals surface area (Å²) in [6, 6.07) is 5.63. The van der Waals surface area contributed by atoms with E-state index < -0.39 is 11.9 Å². The standard InChI is InChI=1S/C15H20FN3O/c1-10(14(20)19-15(2,3)4)18-9-12-5-11(8-17)6-13(16)7-12/h5-7,10,18H,9H2,1-4H3,(H,19,20). The number of nitrogens with one attached hydrogen (secondary N) is 2. The van der Waals surface area contributed by atoms with E-state index in [4.69, 9.17) is 5.26 Å². The number of nitrogens with zero attached hydrogens (tertiary/aromatic N) is 1. The van der Waals surface area contributed by atoms with Crippen LogP contribution < -0.4 is 10.6 Å². The number of benzene rings is 1. The molecule has 1 atom stereocenters. The van der Waals surface area contributed by atoms with Crippen LogP contribution in [-0.2, 0) is 11.3 Å². The summed E-state index contributed by atoms with van der Waals surface area (Å²) in [6.45, 7) is 7.78. The molecule has 20 heavy (non-hydrogen) atoms. The molecule has 0 aliphatic rings. The summed E-state index contributed by atoms with van der Waals surface area (Å²) in [5, 5.41) is 14.7. The number of hydrogen-bond acceptors (Lipinski definition) is 3. The number of nitriles is 1. The van der Waals surface area contributed by atoms with Gasteiger partial charge in [0.25, 0.3) is 0 Å². The molecule has 0 radical (unpaired) electrons. The maximum Gasteiger partial charge on any atom is 0.237 e. The zero-order valence-electron chi connectivity index (χ0n) is 12.2. The molecule has 1 amide bonds. The van der Waals surface area contributed by atoms with Crippen molar-refractivity contribution in [2.75, 3.05) is 0 Å². The number of hydrogen-bond donors (Lipinski definition) is 2. The number of carbonyl (C=O) groups excluding carboxylic acids is 1. The highest BCUT2D eigenvalue weighted by molar-refractivity contribution is 5.81. The van der Waals surface area contributed by atoms with Gasteiger partial charge in [0.05, 0.1) is 17.7 Å². The van der Waals surface area contributed by atoms with Crippen molar-refractivity contribution in [2.24, 2.45) is 0 Å². The van der Waals surface area contributed by atoms with E-state index in [2.05, 4.69) is 10.6 Å². The average Bonchev–Trinajstić information content (AvgIpc) is 2.33. The first-order valence-electron chi connectivity index (χ1n) is 6.46. The van der Waals surface area contributed by atoms with Crippen molar-refractivity contribution in [1.29, 1.82) is 5.26 Å². The Kier molecular flexibility index (Phi) is 5.23. The smallest absolute Gasteiger partial charge is 0.237 e. The third kappa shape index (κ3) is 5.37. The monoisotopic (exact) mass is 277 g/mol. The number of rotatable bonds is 4. The van der Waals surface area contributed by atoms with Gasteiger partial charge in [-0.3, -0.25) is 4.79 Å². The van der Waals surface area contributed by atoms with Gasteiger partial charge < -0.3 is 10.6 Å². The third-order valence-corrected chi connectivity index (χ3v) is 2.59. The predicted molar refractivity (Wildman–Crippen MR) is 75.3 cm³/mol. The molecule has 2 N–H and O–H groups in total. The largest absolute Gasteiger partial charge is 0.350 e. The summed E-state index contributed by atoms with van der Waals surface area (Å²) in [4.78, 5) is 11.9. The molecule has 5 heteroatoms. The van der Waals surface area contributed by atoms with Crippen LogP contribution in [0.5, 0.6) is 0 Å². The summed E-state index contributed by atoms with van der Waals surface area (Å²) >= 11 is 0. The summed E-state index contributed by atoms with van der Waals surface area (Å²) in [7, 11) is 0. The Morgan fingerprint density at radius 1 is 1.40 bits per heavy atom. The quantitative estimate of drug-likeness (QED) is 0.885. The molecule has 0 aliphatic heterocycles. The predicted octanol–water partition coefficient (Wildman–Crippen LogP) is 2.09. The molecule has 0 fully saturated rings. The van der Waals surface area contributed by atoms with Gasteiger partial charge in [0.1, 0.15) is 5.82 Å². The van der Waals surface area contributed by atoms with Crippen LogP contribution in [-0.4, -0.2) is 17.5 Å². The van der Waals surface area contributed by atoms with Crippen molar-refractivity contribution in [3.8, 4) is 6.07 Å². The van der Waals surface area contributed by atoms with E-state index in [1.807, 2.05) is 26.8 Å². The van der Waals surface area contributed by atoms with Crippen LogP contribution in [0.2, 0.25) is 0 Å². The fourth-order valence-electron chi connectivity index (χ4n) is 1.66. The van der Waals surface area contributed by atoms with Crippen LogP contribution in [0.4, 0.5) is 4.39 Å². The molecular weight excluding hydrogens is 257 g/mol. The second-order valence-electron chi connectivity index (χ2n) is 5.80. The fraction of sp³-hybridized carbons (Fsp3) is 0.467. The Hall–Kier alpha value is -1.93. The first-order valence-corrected chi connectivity index (χ1v) is 6.46. The number of amides is 1. The minimum atomic E-state index is -0.451. The van der Waals surface area contributed by atoms with E-state index in [1.54, 1.807) is 13.0 Å². The maximum absolute atomic E-state index is 13.3. The summed E-state index contributed by atoms with van der Waals surface area (Å²) < 4.78 is 13.3. The number of carbonyl (C=O) groups is 1. The molecule has 0 aromatic heterocycles. The van der Waals surface area contributed by atoms with Crippen molar-refractivity contribution in [3.63, 3.8) is 0 Å². The van der Waals surface area contributed by atoms with E-state index >= 15 is 0 Å². The topological polar surface area (TPSA) is 64.9 Å². The lowest BCUT2D eigenvalue weighted by atomic mass is 10.1. The van der Waals surface area contributed by atoms with Gasteiger partial charge in [-0.1, -0.05) is 0 Å². The normalized spacial score (nSPS) is 12.6. The Morgan fingerprint density at radius 2 is 2.05 bits per heavy atom. The van der Waals surface area contributed by atoms with Crippen molar-refractivity contribution >= 4 is 5.91 Å². The van der Waals surface area contributed by atoms with Crippen LogP contribution >= 0.6 is 0 Å². The van der Waals surface area contributed by atoms with Crippen LogP contribution in [0.25, 0.3) is 0 Å². The average molecular weight is 277 g/mol. The Balaban J connectivity index is 2.61. The molecule has 0 spiro atoms. The Bertz CT molecular complexity index is 529. The van der Waals surface area contributed by atoms with E-state index in [1.165, 1.54) is 12.1 Å². The summed E-state index contributed by atoms with van der Waals surface area (Å²) in [6.07, 6.45) is 0. The molecule has 1 unspecified atom stereocenters. The van der Waals surface area contributed by atoms with Crippen LogP contribution in [0.3, 0.4) is 0 Å². The van der Waals surface area contributed by atoms with Crippen molar-refractivity contribution in [2.45, 2.75) is 45.8 Å². The lowest BCUT2D eigenvalue weighted by molar-refractivity contribution is -0.124. The van der Waals surface area contributed by atoms with Gasteiger partial charge in [-0.15, -0.1) is 0 Å². The minimum absolute atomic E-state index is 0.116. The minimum Gasteiger partial charge on any atom is -0.350 e. The molecule has 1 rings (SSSR count). The molecule has 0 saturated heterocycles. The molecule has 108 valence electrons. The molecule has 0 heterocycles. The molecule has 1 aromatic rings. The van der Waals surface area contributed by atoms with Gasteiger partial charge in [0.2, 0.25) is 5.91 Å². The lowest BCUT2D eigenvalue weighted by Crippen LogP contribution is -2.49. The van der Waals surface area contributed by atoms with Crippen molar-refractivity contribution in [3.05, 3.63) is 35.1 Å².